The smallest absolute Gasteiger partial charge is 0.355 e. The molecule has 1 aliphatic rings. The van der Waals surface area contributed by atoms with Crippen LogP contribution in [0.5, 0.6) is 0 Å². The fourth-order valence-electron chi connectivity index (χ4n) is 3.22. The minimum atomic E-state index is -4.35. The molecule has 1 N–H and O–H groups in total. The molecule has 3 nitrogen and oxygen atoms in total. The van der Waals surface area contributed by atoms with Crippen LogP contribution in [0, 0.1) is 0 Å². The Labute approximate surface area is 162 Å². The summed E-state index contributed by atoms with van der Waals surface area (Å²) in [5.41, 5.74) is 2.77. The van der Waals surface area contributed by atoms with E-state index in [2.05, 4.69) is 5.32 Å². The molecule has 0 saturated carbocycles. The molecule has 1 aliphatic heterocycles. The van der Waals surface area contributed by atoms with Crippen molar-refractivity contribution >= 4 is 17.2 Å². The van der Waals surface area contributed by atoms with Crippen molar-refractivity contribution in [2.75, 3.05) is 7.05 Å². The highest BCUT2D eigenvalue weighted by Gasteiger charge is 2.30. The summed E-state index contributed by atoms with van der Waals surface area (Å²) in [5.74, 6) is -0.168. The molecule has 2 aromatic rings. The lowest BCUT2D eigenvalue weighted by molar-refractivity contribution is -0.137. The molecule has 0 fully saturated rings. The van der Waals surface area contributed by atoms with Crippen LogP contribution in [-0.2, 0) is 6.18 Å². The summed E-state index contributed by atoms with van der Waals surface area (Å²) >= 11 is 0. The molecule has 0 bridgehead atoms. The van der Waals surface area contributed by atoms with Gasteiger partial charge in [0.1, 0.15) is 0 Å². The van der Waals surface area contributed by atoms with Crippen molar-refractivity contribution in [2.24, 2.45) is 4.99 Å². The zero-order valence-corrected chi connectivity index (χ0v) is 15.9. The van der Waals surface area contributed by atoms with E-state index in [4.69, 9.17) is 4.99 Å². The van der Waals surface area contributed by atoms with Crippen LogP contribution >= 0.6 is 0 Å². The number of aliphatic imine (C=N–C) groups is 1. The molecule has 1 heterocycles. The van der Waals surface area contributed by atoms with Gasteiger partial charge in [-0.3, -0.25) is 9.79 Å². The summed E-state index contributed by atoms with van der Waals surface area (Å²) < 4.78 is 38.5. The number of hydrogen-bond donors (Lipinski definition) is 1. The van der Waals surface area contributed by atoms with Crippen molar-refractivity contribution in [3.63, 3.8) is 0 Å². The van der Waals surface area contributed by atoms with E-state index in [0.29, 0.717) is 12.0 Å². The molecule has 0 unspecified atom stereocenters. The Morgan fingerprint density at radius 1 is 1.00 bits per heavy atom. The minimum Gasteiger partial charge on any atom is -0.355 e. The van der Waals surface area contributed by atoms with Crippen LogP contribution in [0.4, 0.5) is 13.2 Å². The van der Waals surface area contributed by atoms with Gasteiger partial charge in [0.15, 0.2) is 0 Å². The van der Waals surface area contributed by atoms with E-state index in [1.807, 2.05) is 32.1 Å². The van der Waals surface area contributed by atoms with Gasteiger partial charge in [0.2, 0.25) is 0 Å². The number of amides is 1. The van der Waals surface area contributed by atoms with Crippen molar-refractivity contribution in [3.8, 4) is 0 Å². The topological polar surface area (TPSA) is 41.5 Å². The number of hydrogen-bond acceptors (Lipinski definition) is 2. The Morgan fingerprint density at radius 3 is 2.11 bits per heavy atom. The SMILES string of the molecule is CNC(=O)c1ccc(C2=NC(C)(C)CC(c3ccc(C(F)(F)F)cc3)=C2)cc1. The lowest BCUT2D eigenvalue weighted by Gasteiger charge is -2.28. The molecule has 146 valence electrons. The number of nitrogens with zero attached hydrogens (tertiary/aromatic N) is 1. The predicted octanol–water partition coefficient (Wildman–Crippen LogP) is 5.12. The molecule has 6 heteroatoms. The van der Waals surface area contributed by atoms with Crippen LogP contribution in [0.1, 0.15) is 47.3 Å². The van der Waals surface area contributed by atoms with Crippen molar-refractivity contribution < 1.29 is 18.0 Å². The third-order valence-electron chi connectivity index (χ3n) is 4.61. The number of allylic oxidation sites excluding steroid dienone is 1. The Kier molecular flexibility index (Phi) is 5.15. The normalized spacial score (nSPS) is 16.2. The van der Waals surface area contributed by atoms with Crippen molar-refractivity contribution in [3.05, 3.63) is 76.9 Å². The van der Waals surface area contributed by atoms with E-state index in [9.17, 15) is 18.0 Å². The maximum atomic E-state index is 12.8. The highest BCUT2D eigenvalue weighted by molar-refractivity contribution is 6.13. The lowest BCUT2D eigenvalue weighted by atomic mass is 9.86. The Hall–Kier alpha value is -2.89. The number of carbonyl (C=O) groups is 1. The summed E-state index contributed by atoms with van der Waals surface area (Å²) in [6.45, 7) is 3.98. The van der Waals surface area contributed by atoms with Crippen LogP contribution in [0.15, 0.2) is 59.6 Å². The third kappa shape index (κ3) is 4.32. The molecule has 1 amide bonds. The largest absolute Gasteiger partial charge is 0.416 e. The average molecular weight is 386 g/mol. The van der Waals surface area contributed by atoms with Gasteiger partial charge in [0.25, 0.3) is 5.91 Å². The highest BCUT2D eigenvalue weighted by atomic mass is 19.4. The second kappa shape index (κ2) is 7.26. The second-order valence-electron chi connectivity index (χ2n) is 7.39. The van der Waals surface area contributed by atoms with Crippen molar-refractivity contribution in [1.29, 1.82) is 0 Å². The average Bonchev–Trinajstić information content (AvgIpc) is 2.65. The van der Waals surface area contributed by atoms with Crippen LogP contribution < -0.4 is 5.32 Å². The number of benzene rings is 2. The Balaban J connectivity index is 1.95. The molecule has 0 spiro atoms. The van der Waals surface area contributed by atoms with Crippen LogP contribution in [0.2, 0.25) is 0 Å². The van der Waals surface area contributed by atoms with Gasteiger partial charge in [-0.25, -0.2) is 0 Å². The first-order valence-electron chi connectivity index (χ1n) is 8.90. The molecule has 3 rings (SSSR count). The lowest BCUT2D eigenvalue weighted by Crippen LogP contribution is -2.24. The quantitative estimate of drug-likeness (QED) is 0.782. The fourth-order valence-corrected chi connectivity index (χ4v) is 3.22. The summed E-state index contributed by atoms with van der Waals surface area (Å²) in [6, 6.07) is 12.3. The Morgan fingerprint density at radius 2 is 1.57 bits per heavy atom. The summed E-state index contributed by atoms with van der Waals surface area (Å²) in [7, 11) is 1.57. The van der Waals surface area contributed by atoms with Crippen molar-refractivity contribution in [2.45, 2.75) is 32.0 Å². The van der Waals surface area contributed by atoms with E-state index in [1.165, 1.54) is 12.1 Å². The number of halogens is 3. The van der Waals surface area contributed by atoms with Gasteiger partial charge in [-0.2, -0.15) is 13.2 Å². The molecule has 2 aromatic carbocycles. The molecule has 0 saturated heterocycles. The maximum Gasteiger partial charge on any atom is 0.416 e. The van der Waals surface area contributed by atoms with E-state index in [0.717, 1.165) is 34.5 Å². The first-order valence-corrected chi connectivity index (χ1v) is 8.90. The Bertz CT molecular complexity index is 937. The second-order valence-corrected chi connectivity index (χ2v) is 7.39. The molecule has 0 atom stereocenters. The first kappa shape index (κ1) is 19.9. The number of alkyl halides is 3. The minimum absolute atomic E-state index is 0.168. The fraction of sp³-hybridized carbons (Fsp3) is 0.273. The molecule has 0 aliphatic carbocycles. The molecule has 0 aromatic heterocycles. The maximum absolute atomic E-state index is 12.8. The highest BCUT2D eigenvalue weighted by Crippen LogP contribution is 2.35. The number of nitrogens with one attached hydrogen (secondary N) is 1. The third-order valence-corrected chi connectivity index (χ3v) is 4.61. The number of rotatable bonds is 3. The monoisotopic (exact) mass is 386 g/mol. The predicted molar refractivity (Wildman–Crippen MR) is 104 cm³/mol. The van der Waals surface area contributed by atoms with Crippen LogP contribution in [0.25, 0.3) is 5.57 Å². The van der Waals surface area contributed by atoms with Crippen LogP contribution in [0.3, 0.4) is 0 Å². The van der Waals surface area contributed by atoms with Gasteiger partial charge in [-0.15, -0.1) is 0 Å². The molecular formula is C22H21F3N2O. The first-order chi connectivity index (χ1) is 13.1. The molecule has 0 radical (unpaired) electrons. The van der Waals surface area contributed by atoms with Crippen LogP contribution in [-0.4, -0.2) is 24.2 Å². The summed E-state index contributed by atoms with van der Waals surface area (Å²) in [4.78, 5) is 16.5. The van der Waals surface area contributed by atoms with Crippen molar-refractivity contribution in [1.82, 2.24) is 5.32 Å². The van der Waals surface area contributed by atoms with Gasteiger partial charge < -0.3 is 5.32 Å². The van der Waals surface area contributed by atoms with E-state index >= 15 is 0 Å². The zero-order chi connectivity index (χ0) is 20.5. The number of carbonyl (C=O) groups excluding carboxylic acids is 1. The summed E-state index contributed by atoms with van der Waals surface area (Å²) in [6.07, 6.45) is -1.82. The standard InChI is InChI=1S/C22H21F3N2O/c1-21(2)13-17(14-8-10-18(11-9-14)22(23,24)25)12-19(27-21)15-4-6-16(7-5-15)20(28)26-3/h4-12H,13H2,1-3H3,(H,26,28). The van der Waals surface area contributed by atoms with Gasteiger partial charge in [-0.1, -0.05) is 24.3 Å². The van der Waals surface area contributed by atoms with Gasteiger partial charge >= 0.3 is 6.18 Å². The van der Waals surface area contributed by atoms with E-state index in [-0.39, 0.29) is 11.4 Å². The molecular weight excluding hydrogens is 365 g/mol. The zero-order valence-electron chi connectivity index (χ0n) is 15.9. The molecule has 28 heavy (non-hydrogen) atoms. The van der Waals surface area contributed by atoms with Gasteiger partial charge in [0.05, 0.1) is 16.8 Å². The van der Waals surface area contributed by atoms with E-state index in [1.54, 1.807) is 19.2 Å². The summed E-state index contributed by atoms with van der Waals surface area (Å²) in [5, 5.41) is 2.58. The number of dihydropyridines is 1. The van der Waals surface area contributed by atoms with Gasteiger partial charge in [0, 0.05) is 12.6 Å². The van der Waals surface area contributed by atoms with E-state index < -0.39 is 11.7 Å². The van der Waals surface area contributed by atoms with Gasteiger partial charge in [-0.05, 0) is 67.3 Å².